The molecule has 3 amide bonds. The molecule has 0 saturated carbocycles. The molecule has 10 nitrogen and oxygen atoms in total. The number of carbonyl (C=O) groups is 3. The molecule has 2 aliphatic heterocycles. The van der Waals surface area contributed by atoms with Crippen LogP contribution in [0.1, 0.15) is 57.8 Å². The average Bonchev–Trinajstić information content (AvgIpc) is 3.39. The molecule has 218 valence electrons. The SMILES string of the molecule is CSCC[C@@H]1NC(=O)CCCN(C(=O)C2CCNCC2)CCn2nc(-c3ccccc3)nc2[C@@H](C(C)C)NC1=O. The molecule has 0 radical (unpaired) electrons. The van der Waals surface area contributed by atoms with Gasteiger partial charge in [-0.25, -0.2) is 9.67 Å². The van der Waals surface area contributed by atoms with Crippen LogP contribution in [0.5, 0.6) is 0 Å². The summed E-state index contributed by atoms with van der Waals surface area (Å²) in [7, 11) is 0. The van der Waals surface area contributed by atoms with E-state index in [2.05, 4.69) is 16.0 Å². The van der Waals surface area contributed by atoms with Crippen LogP contribution in [-0.4, -0.2) is 81.6 Å². The number of rotatable bonds is 6. The van der Waals surface area contributed by atoms with Gasteiger partial charge in [0.15, 0.2) is 11.6 Å². The topological polar surface area (TPSA) is 121 Å². The normalized spacial score (nSPS) is 21.9. The number of fused-ring (bicyclic) bond motifs is 1. The van der Waals surface area contributed by atoms with E-state index in [9.17, 15) is 14.4 Å². The minimum atomic E-state index is -0.637. The molecule has 40 heavy (non-hydrogen) atoms. The largest absolute Gasteiger partial charge is 0.344 e. The van der Waals surface area contributed by atoms with Crippen molar-refractivity contribution in [1.29, 1.82) is 0 Å². The molecule has 1 saturated heterocycles. The Morgan fingerprint density at radius 1 is 1.07 bits per heavy atom. The molecule has 2 aliphatic rings. The quantitative estimate of drug-likeness (QED) is 0.489. The molecule has 3 heterocycles. The first kappa shape index (κ1) is 30.0. The molecule has 0 bridgehead atoms. The highest BCUT2D eigenvalue weighted by molar-refractivity contribution is 7.98. The predicted octanol–water partition coefficient (Wildman–Crippen LogP) is 2.62. The van der Waals surface area contributed by atoms with E-state index in [0.29, 0.717) is 44.1 Å². The Balaban J connectivity index is 1.69. The lowest BCUT2D eigenvalue weighted by molar-refractivity contribution is -0.137. The van der Waals surface area contributed by atoms with E-state index in [1.807, 2.05) is 60.0 Å². The predicted molar refractivity (Wildman–Crippen MR) is 158 cm³/mol. The van der Waals surface area contributed by atoms with Gasteiger partial charge in [-0.2, -0.15) is 16.9 Å². The average molecular weight is 570 g/mol. The van der Waals surface area contributed by atoms with E-state index in [4.69, 9.17) is 10.1 Å². The molecular formula is C29H43N7O3S. The highest BCUT2D eigenvalue weighted by Crippen LogP contribution is 2.25. The number of hydrogen-bond acceptors (Lipinski definition) is 7. The van der Waals surface area contributed by atoms with Crippen LogP contribution in [0.4, 0.5) is 0 Å². The van der Waals surface area contributed by atoms with Gasteiger partial charge in [-0.1, -0.05) is 44.2 Å². The Kier molecular flexibility index (Phi) is 11.0. The Bertz CT molecular complexity index is 1130. The van der Waals surface area contributed by atoms with Gasteiger partial charge in [0.2, 0.25) is 17.7 Å². The molecule has 3 N–H and O–H groups in total. The maximum Gasteiger partial charge on any atom is 0.243 e. The first-order chi connectivity index (χ1) is 19.4. The zero-order valence-corrected chi connectivity index (χ0v) is 24.7. The van der Waals surface area contributed by atoms with Crippen LogP contribution in [0.3, 0.4) is 0 Å². The van der Waals surface area contributed by atoms with Crippen LogP contribution in [0.15, 0.2) is 30.3 Å². The zero-order chi connectivity index (χ0) is 28.5. The second-order valence-corrected chi connectivity index (χ2v) is 12.0. The van der Waals surface area contributed by atoms with Crippen molar-refractivity contribution in [2.45, 2.75) is 64.6 Å². The number of thioether (sulfide) groups is 1. The van der Waals surface area contributed by atoms with Crippen LogP contribution in [0.2, 0.25) is 0 Å². The third-order valence-corrected chi connectivity index (χ3v) is 8.29. The Morgan fingerprint density at radius 2 is 1.82 bits per heavy atom. The van der Waals surface area contributed by atoms with Crippen molar-refractivity contribution >= 4 is 29.5 Å². The highest BCUT2D eigenvalue weighted by atomic mass is 32.2. The van der Waals surface area contributed by atoms with Crippen LogP contribution in [0.25, 0.3) is 11.4 Å². The zero-order valence-electron chi connectivity index (χ0n) is 23.9. The maximum absolute atomic E-state index is 13.6. The van der Waals surface area contributed by atoms with Crippen LogP contribution in [-0.2, 0) is 20.9 Å². The van der Waals surface area contributed by atoms with Crippen molar-refractivity contribution in [1.82, 2.24) is 35.6 Å². The van der Waals surface area contributed by atoms with Gasteiger partial charge in [0, 0.05) is 31.0 Å². The van der Waals surface area contributed by atoms with E-state index < -0.39 is 12.1 Å². The number of amides is 3. The lowest BCUT2D eigenvalue weighted by Crippen LogP contribution is -2.49. The van der Waals surface area contributed by atoms with Gasteiger partial charge >= 0.3 is 0 Å². The second kappa shape index (κ2) is 14.6. The first-order valence-electron chi connectivity index (χ1n) is 14.5. The molecule has 0 unspecified atom stereocenters. The molecule has 1 fully saturated rings. The van der Waals surface area contributed by atoms with Gasteiger partial charge in [0.1, 0.15) is 6.04 Å². The molecule has 1 aromatic heterocycles. The maximum atomic E-state index is 13.6. The van der Waals surface area contributed by atoms with Gasteiger partial charge in [0.25, 0.3) is 0 Å². The van der Waals surface area contributed by atoms with Gasteiger partial charge in [-0.15, -0.1) is 0 Å². The molecule has 0 aliphatic carbocycles. The summed E-state index contributed by atoms with van der Waals surface area (Å²) in [5.41, 5.74) is 0.891. The standard InChI is InChI=1S/C29H43N7O3S/c1-20(2)25-27-33-26(21-8-5-4-6-9-21)34-36(27)18-17-35(29(39)22-11-14-30-15-12-22)16-7-10-24(37)31-23(13-19-40-3)28(38)32-25/h4-6,8-9,20,22-23,25,30H,7,10-19H2,1-3H3,(H,31,37)(H,32,38)/t23-,25+/m0/s1. The van der Waals surface area contributed by atoms with E-state index >= 15 is 0 Å². The number of benzene rings is 1. The first-order valence-corrected chi connectivity index (χ1v) is 15.8. The van der Waals surface area contributed by atoms with E-state index in [1.165, 1.54) is 0 Å². The number of hydrogen-bond donors (Lipinski definition) is 3. The van der Waals surface area contributed by atoms with Crippen molar-refractivity contribution < 1.29 is 14.4 Å². The van der Waals surface area contributed by atoms with Crippen molar-refractivity contribution in [2.75, 3.05) is 38.2 Å². The van der Waals surface area contributed by atoms with E-state index in [0.717, 1.165) is 37.2 Å². The summed E-state index contributed by atoms with van der Waals surface area (Å²) in [5, 5.41) is 14.3. The van der Waals surface area contributed by atoms with Gasteiger partial charge in [0.05, 0.1) is 12.6 Å². The van der Waals surface area contributed by atoms with Crippen molar-refractivity contribution in [3.8, 4) is 11.4 Å². The number of nitrogens with one attached hydrogen (secondary N) is 3. The number of carbonyl (C=O) groups excluding carboxylic acids is 3. The molecule has 4 rings (SSSR count). The molecule has 2 aromatic rings. The summed E-state index contributed by atoms with van der Waals surface area (Å²) < 4.78 is 1.86. The summed E-state index contributed by atoms with van der Waals surface area (Å²) in [6, 6.07) is 8.74. The van der Waals surface area contributed by atoms with Crippen molar-refractivity contribution in [3.05, 3.63) is 36.2 Å². The Hall–Kier alpha value is -2.92. The molecule has 11 heteroatoms. The van der Waals surface area contributed by atoms with Crippen LogP contribution >= 0.6 is 11.8 Å². The third kappa shape index (κ3) is 7.84. The number of aromatic nitrogens is 3. The summed E-state index contributed by atoms with van der Waals surface area (Å²) >= 11 is 1.64. The van der Waals surface area contributed by atoms with Crippen molar-refractivity contribution in [2.24, 2.45) is 11.8 Å². The Morgan fingerprint density at radius 3 is 2.52 bits per heavy atom. The molecular weight excluding hydrogens is 526 g/mol. The smallest absolute Gasteiger partial charge is 0.243 e. The van der Waals surface area contributed by atoms with Crippen LogP contribution in [0, 0.1) is 11.8 Å². The highest BCUT2D eigenvalue weighted by Gasteiger charge is 2.31. The fourth-order valence-corrected chi connectivity index (χ4v) is 5.79. The fourth-order valence-electron chi connectivity index (χ4n) is 5.32. The summed E-state index contributed by atoms with van der Waals surface area (Å²) in [6.07, 6.45) is 4.96. The van der Waals surface area contributed by atoms with Gasteiger partial charge in [-0.05, 0) is 56.7 Å². The fraction of sp³-hybridized carbons (Fsp3) is 0.621. The molecule has 1 aromatic carbocycles. The van der Waals surface area contributed by atoms with Gasteiger partial charge in [-0.3, -0.25) is 14.4 Å². The monoisotopic (exact) mass is 569 g/mol. The minimum Gasteiger partial charge on any atom is -0.344 e. The van der Waals surface area contributed by atoms with Crippen molar-refractivity contribution in [3.63, 3.8) is 0 Å². The molecule has 2 atom stereocenters. The summed E-state index contributed by atoms with van der Waals surface area (Å²) in [6.45, 7) is 7.16. The van der Waals surface area contributed by atoms with Crippen LogP contribution < -0.4 is 16.0 Å². The van der Waals surface area contributed by atoms with E-state index in [1.54, 1.807) is 11.8 Å². The molecule has 0 spiro atoms. The second-order valence-electron chi connectivity index (χ2n) is 11.0. The summed E-state index contributed by atoms with van der Waals surface area (Å²) in [4.78, 5) is 46.8. The van der Waals surface area contributed by atoms with Gasteiger partial charge < -0.3 is 20.9 Å². The Labute approximate surface area is 241 Å². The lowest BCUT2D eigenvalue weighted by atomic mass is 9.96. The number of piperidine rings is 1. The third-order valence-electron chi connectivity index (χ3n) is 7.65. The minimum absolute atomic E-state index is 0.0114. The lowest BCUT2D eigenvalue weighted by Gasteiger charge is -2.31. The number of nitrogens with zero attached hydrogens (tertiary/aromatic N) is 4. The van der Waals surface area contributed by atoms with E-state index in [-0.39, 0.29) is 36.0 Å². The summed E-state index contributed by atoms with van der Waals surface area (Å²) in [5.74, 6) is 1.77.